The lowest BCUT2D eigenvalue weighted by atomic mass is 10.1. The van der Waals surface area contributed by atoms with E-state index in [9.17, 15) is 0 Å². The van der Waals surface area contributed by atoms with Crippen molar-refractivity contribution in [1.82, 2.24) is 24.1 Å². The minimum atomic E-state index is 0.420. The predicted molar refractivity (Wildman–Crippen MR) is 208 cm³/mol. The molecule has 0 N–H and O–H groups in total. The first-order chi connectivity index (χ1) is 25.5. The maximum Gasteiger partial charge on any atom is 0.238 e. The van der Waals surface area contributed by atoms with Crippen LogP contribution < -0.4 is 18.9 Å². The van der Waals surface area contributed by atoms with Crippen molar-refractivity contribution in [3.63, 3.8) is 0 Å². The van der Waals surface area contributed by atoms with E-state index in [1.807, 2.05) is 78.9 Å². The molecule has 8 rings (SSSR count). The summed E-state index contributed by atoms with van der Waals surface area (Å²) in [7, 11) is 6.47. The quantitative estimate of drug-likeness (QED) is 0.142. The third kappa shape index (κ3) is 5.22. The van der Waals surface area contributed by atoms with Gasteiger partial charge in [-0.15, -0.1) is 0 Å². The van der Waals surface area contributed by atoms with Gasteiger partial charge in [-0.25, -0.2) is 4.98 Å². The van der Waals surface area contributed by atoms with Gasteiger partial charge in [0.25, 0.3) is 0 Å². The summed E-state index contributed by atoms with van der Waals surface area (Å²) in [6.07, 6.45) is 3.78. The molecule has 3 aromatic heterocycles. The van der Waals surface area contributed by atoms with E-state index < -0.39 is 0 Å². The van der Waals surface area contributed by atoms with Crippen LogP contribution in [0, 0.1) is 0 Å². The molecular weight excluding hydrogens is 651 g/mol. The van der Waals surface area contributed by atoms with Crippen molar-refractivity contribution in [2.75, 3.05) is 28.4 Å². The molecule has 9 nitrogen and oxygen atoms in total. The van der Waals surface area contributed by atoms with Gasteiger partial charge in [-0.3, -0.25) is 4.57 Å². The van der Waals surface area contributed by atoms with Crippen LogP contribution >= 0.6 is 0 Å². The van der Waals surface area contributed by atoms with Gasteiger partial charge in [0.2, 0.25) is 5.95 Å². The molecule has 0 aliphatic rings. The number of benzene rings is 5. The number of hydrogen-bond donors (Lipinski definition) is 0. The van der Waals surface area contributed by atoms with Crippen molar-refractivity contribution in [3.05, 3.63) is 128 Å². The first-order valence-electron chi connectivity index (χ1n) is 16.6. The lowest BCUT2D eigenvalue weighted by Gasteiger charge is -2.14. The zero-order chi connectivity index (χ0) is 35.9. The fourth-order valence-corrected chi connectivity index (χ4v) is 6.93. The molecule has 0 bridgehead atoms. The lowest BCUT2D eigenvalue weighted by Crippen LogP contribution is -2.07. The standard InChI is InChI=1S/C43H35N5O4/c1-7-33-35-18-19-36-34-16-12-13-17-38(34)48(40(36)39(35)47(37(33)8-2)28-14-10-9-11-15-28)43-45-41(26-20-29(49-3)24-30(21-26)50-4)44-42(46-43)27-22-31(51-5)25-32(23-27)52-6/h7-25H,1-2H2,3-6H3. The highest BCUT2D eigenvalue weighted by Crippen LogP contribution is 2.41. The Morgan fingerprint density at radius 1 is 0.519 bits per heavy atom. The second-order valence-corrected chi connectivity index (χ2v) is 12.1. The first kappa shape index (κ1) is 32.3. The molecule has 0 aliphatic heterocycles. The van der Waals surface area contributed by atoms with Crippen LogP contribution in [-0.4, -0.2) is 52.5 Å². The van der Waals surface area contributed by atoms with Gasteiger partial charge in [-0.05, 0) is 48.5 Å². The molecule has 0 fully saturated rings. The van der Waals surface area contributed by atoms with E-state index in [4.69, 9.17) is 33.9 Å². The third-order valence-electron chi connectivity index (χ3n) is 9.30. The van der Waals surface area contributed by atoms with Gasteiger partial charge in [0.1, 0.15) is 23.0 Å². The third-order valence-corrected chi connectivity index (χ3v) is 9.30. The summed E-state index contributed by atoms with van der Waals surface area (Å²) in [5.41, 5.74) is 7.12. The zero-order valence-corrected chi connectivity index (χ0v) is 29.3. The van der Waals surface area contributed by atoms with E-state index in [1.54, 1.807) is 28.4 Å². The smallest absolute Gasteiger partial charge is 0.238 e. The Morgan fingerprint density at radius 2 is 1.04 bits per heavy atom. The van der Waals surface area contributed by atoms with Crippen LogP contribution in [-0.2, 0) is 0 Å². The minimum absolute atomic E-state index is 0.420. The molecule has 52 heavy (non-hydrogen) atoms. The molecule has 0 atom stereocenters. The first-order valence-corrected chi connectivity index (χ1v) is 16.6. The Balaban J connectivity index is 1.55. The number of ether oxygens (including phenoxy) is 4. The Kier molecular flexibility index (Phi) is 8.15. The molecule has 0 spiro atoms. The summed E-state index contributed by atoms with van der Waals surface area (Å²) in [4.78, 5) is 15.4. The highest BCUT2D eigenvalue weighted by molar-refractivity contribution is 6.19. The highest BCUT2D eigenvalue weighted by Gasteiger charge is 2.24. The maximum absolute atomic E-state index is 5.64. The molecule has 9 heteroatoms. The van der Waals surface area contributed by atoms with Gasteiger partial charge in [-0.1, -0.05) is 67.8 Å². The van der Waals surface area contributed by atoms with Gasteiger partial charge < -0.3 is 23.5 Å². The molecular formula is C43H35N5O4. The zero-order valence-electron chi connectivity index (χ0n) is 29.3. The van der Waals surface area contributed by atoms with Crippen LogP contribution in [0.5, 0.6) is 23.0 Å². The van der Waals surface area contributed by atoms with Crippen LogP contribution in [0.1, 0.15) is 11.3 Å². The number of nitrogens with zero attached hydrogens (tertiary/aromatic N) is 5. The molecule has 8 aromatic rings. The Bertz CT molecular complexity index is 2560. The second-order valence-electron chi connectivity index (χ2n) is 12.1. The fourth-order valence-electron chi connectivity index (χ4n) is 6.93. The minimum Gasteiger partial charge on any atom is -0.497 e. The SMILES string of the molecule is C=Cc1c(C=C)n(-c2ccccc2)c2c1ccc1c3ccccc3n(-c3nc(-c4cc(OC)cc(OC)c4)nc(-c4cc(OC)cc(OC)c4)n3)c12. The van der Waals surface area contributed by atoms with Crippen molar-refractivity contribution in [1.29, 1.82) is 0 Å². The highest BCUT2D eigenvalue weighted by atomic mass is 16.5. The number of rotatable bonds is 10. The Hall–Kier alpha value is -6.87. The molecule has 256 valence electrons. The van der Waals surface area contributed by atoms with Gasteiger partial charge >= 0.3 is 0 Å². The van der Waals surface area contributed by atoms with Crippen LogP contribution in [0.3, 0.4) is 0 Å². The predicted octanol–water partition coefficient (Wildman–Crippen LogP) is 9.57. The molecule has 0 aliphatic carbocycles. The fraction of sp³-hybridized carbons (Fsp3) is 0.0930. The average Bonchev–Trinajstić information content (AvgIpc) is 3.73. The van der Waals surface area contributed by atoms with Crippen molar-refractivity contribution < 1.29 is 18.9 Å². The number of aromatic nitrogens is 5. The molecule has 5 aromatic carbocycles. The van der Waals surface area contributed by atoms with E-state index in [0.717, 1.165) is 49.7 Å². The topological polar surface area (TPSA) is 85.5 Å². The van der Waals surface area contributed by atoms with E-state index >= 15 is 0 Å². The van der Waals surface area contributed by atoms with Crippen molar-refractivity contribution in [2.24, 2.45) is 0 Å². The average molecular weight is 686 g/mol. The van der Waals surface area contributed by atoms with Crippen LogP contribution in [0.25, 0.3) is 79.3 Å². The molecule has 0 saturated carbocycles. The van der Waals surface area contributed by atoms with Crippen LogP contribution in [0.2, 0.25) is 0 Å². The lowest BCUT2D eigenvalue weighted by molar-refractivity contribution is 0.394. The molecule has 3 heterocycles. The monoisotopic (exact) mass is 685 g/mol. The molecule has 0 saturated heterocycles. The van der Waals surface area contributed by atoms with Gasteiger partial charge in [0, 0.05) is 50.7 Å². The van der Waals surface area contributed by atoms with Crippen LogP contribution in [0.15, 0.2) is 116 Å². The summed E-state index contributed by atoms with van der Waals surface area (Å²) in [6.45, 7) is 8.43. The van der Waals surface area contributed by atoms with E-state index in [-0.39, 0.29) is 0 Å². The normalized spacial score (nSPS) is 11.2. The summed E-state index contributed by atoms with van der Waals surface area (Å²) < 4.78 is 26.9. The number of para-hydroxylation sites is 2. The van der Waals surface area contributed by atoms with Gasteiger partial charge in [-0.2, -0.15) is 9.97 Å². The molecule has 0 amide bonds. The second kappa shape index (κ2) is 13.1. The number of fused-ring (bicyclic) bond motifs is 5. The molecule has 0 unspecified atom stereocenters. The van der Waals surface area contributed by atoms with E-state index in [2.05, 4.69) is 58.7 Å². The van der Waals surface area contributed by atoms with Crippen molar-refractivity contribution in [3.8, 4) is 57.4 Å². The number of hydrogen-bond acceptors (Lipinski definition) is 7. The van der Waals surface area contributed by atoms with Crippen molar-refractivity contribution in [2.45, 2.75) is 0 Å². The van der Waals surface area contributed by atoms with E-state index in [1.165, 1.54) is 0 Å². The largest absolute Gasteiger partial charge is 0.497 e. The summed E-state index contributed by atoms with van der Waals surface area (Å²) in [5.74, 6) is 3.69. The summed E-state index contributed by atoms with van der Waals surface area (Å²) in [6, 6.07) is 34.0. The summed E-state index contributed by atoms with van der Waals surface area (Å²) >= 11 is 0. The number of methoxy groups -OCH3 is 4. The van der Waals surface area contributed by atoms with Gasteiger partial charge in [0.05, 0.1) is 50.7 Å². The van der Waals surface area contributed by atoms with E-state index in [0.29, 0.717) is 51.7 Å². The Labute approximate surface area is 300 Å². The maximum atomic E-state index is 5.64. The van der Waals surface area contributed by atoms with Crippen LogP contribution in [0.4, 0.5) is 0 Å². The molecule has 0 radical (unpaired) electrons. The van der Waals surface area contributed by atoms with Crippen molar-refractivity contribution >= 4 is 44.9 Å². The Morgan fingerprint density at radius 3 is 1.58 bits per heavy atom. The summed E-state index contributed by atoms with van der Waals surface area (Å²) in [5, 5.41) is 3.11. The van der Waals surface area contributed by atoms with Gasteiger partial charge in [0.15, 0.2) is 11.6 Å².